The van der Waals surface area contributed by atoms with Gasteiger partial charge in [-0.25, -0.2) is 0 Å². The molecule has 0 radical (unpaired) electrons. The van der Waals surface area contributed by atoms with Gasteiger partial charge in [0.1, 0.15) is 5.75 Å². The molecule has 1 aliphatic rings. The van der Waals surface area contributed by atoms with Gasteiger partial charge in [-0.1, -0.05) is 13.3 Å². The Labute approximate surface area is 122 Å². The molecule has 20 heavy (non-hydrogen) atoms. The quantitative estimate of drug-likeness (QED) is 0.804. The molecule has 4 heteroatoms. The number of nitrogens with zero attached hydrogens (tertiary/aromatic N) is 2. The molecule has 0 bridgehead atoms. The number of aryl methyl sites for hydroxylation is 1. The summed E-state index contributed by atoms with van der Waals surface area (Å²) in [6, 6.07) is 4.20. The van der Waals surface area contributed by atoms with Gasteiger partial charge in [0.15, 0.2) is 0 Å². The highest BCUT2D eigenvalue weighted by Crippen LogP contribution is 2.18. The van der Waals surface area contributed by atoms with Crippen LogP contribution in [0.4, 0.5) is 0 Å². The van der Waals surface area contributed by atoms with Crippen molar-refractivity contribution in [2.75, 3.05) is 19.6 Å². The maximum atomic E-state index is 9.97. The van der Waals surface area contributed by atoms with Crippen molar-refractivity contribution < 1.29 is 5.11 Å². The van der Waals surface area contributed by atoms with Crippen LogP contribution in [0.2, 0.25) is 0 Å². The monoisotopic (exact) mass is 277 g/mol. The molecule has 1 aliphatic heterocycles. The standard InChI is InChI=1S/C16H27N3O/c1-3-4-10-19(11-14-6-5-9-17-14)12-15-16(20)8-7-13(2)18-15/h7-8,14,17,20H,3-6,9-12H2,1-2H3. The summed E-state index contributed by atoms with van der Waals surface area (Å²) < 4.78 is 0. The van der Waals surface area contributed by atoms with Gasteiger partial charge in [-0.2, -0.15) is 0 Å². The molecule has 1 aromatic heterocycles. The van der Waals surface area contributed by atoms with E-state index in [2.05, 4.69) is 22.1 Å². The normalized spacial score (nSPS) is 18.9. The van der Waals surface area contributed by atoms with E-state index < -0.39 is 0 Å². The highest BCUT2D eigenvalue weighted by molar-refractivity contribution is 5.27. The lowest BCUT2D eigenvalue weighted by Gasteiger charge is -2.25. The van der Waals surface area contributed by atoms with Crippen LogP contribution in [0.15, 0.2) is 12.1 Å². The number of unbranched alkanes of at least 4 members (excludes halogenated alkanes) is 1. The first-order valence-electron chi connectivity index (χ1n) is 7.80. The molecule has 4 nitrogen and oxygen atoms in total. The molecule has 0 aliphatic carbocycles. The van der Waals surface area contributed by atoms with Crippen molar-refractivity contribution in [1.82, 2.24) is 15.2 Å². The Morgan fingerprint density at radius 3 is 3.00 bits per heavy atom. The topological polar surface area (TPSA) is 48.4 Å². The van der Waals surface area contributed by atoms with Crippen LogP contribution in [-0.4, -0.2) is 40.7 Å². The van der Waals surface area contributed by atoms with E-state index >= 15 is 0 Å². The predicted octanol–water partition coefficient (Wildman–Crippen LogP) is 2.45. The summed E-state index contributed by atoms with van der Waals surface area (Å²) in [5, 5.41) is 13.5. The van der Waals surface area contributed by atoms with Crippen molar-refractivity contribution in [1.29, 1.82) is 0 Å². The smallest absolute Gasteiger partial charge is 0.138 e. The van der Waals surface area contributed by atoms with Crippen LogP contribution in [0.5, 0.6) is 5.75 Å². The van der Waals surface area contributed by atoms with E-state index in [0.717, 1.165) is 37.6 Å². The third-order valence-corrected chi connectivity index (χ3v) is 3.93. The Bertz CT molecular complexity index is 416. The second kappa shape index (κ2) is 7.60. The molecular weight excluding hydrogens is 250 g/mol. The summed E-state index contributed by atoms with van der Waals surface area (Å²) in [4.78, 5) is 6.91. The Morgan fingerprint density at radius 2 is 2.30 bits per heavy atom. The molecule has 2 rings (SSSR count). The largest absolute Gasteiger partial charge is 0.506 e. The van der Waals surface area contributed by atoms with Gasteiger partial charge in [0.2, 0.25) is 0 Å². The van der Waals surface area contributed by atoms with Crippen molar-refractivity contribution in [3.63, 3.8) is 0 Å². The average Bonchev–Trinajstić information content (AvgIpc) is 2.93. The molecule has 1 aromatic rings. The van der Waals surface area contributed by atoms with Crippen LogP contribution in [0.25, 0.3) is 0 Å². The molecule has 1 atom stereocenters. The summed E-state index contributed by atoms with van der Waals surface area (Å²) in [6.07, 6.45) is 4.93. The maximum Gasteiger partial charge on any atom is 0.138 e. The van der Waals surface area contributed by atoms with Gasteiger partial charge in [-0.15, -0.1) is 0 Å². The molecule has 2 N–H and O–H groups in total. The minimum Gasteiger partial charge on any atom is -0.506 e. The summed E-state index contributed by atoms with van der Waals surface area (Å²) in [6.45, 7) is 8.19. The van der Waals surface area contributed by atoms with E-state index in [1.807, 2.05) is 13.0 Å². The second-order valence-electron chi connectivity index (χ2n) is 5.80. The highest BCUT2D eigenvalue weighted by Gasteiger charge is 2.19. The zero-order valence-electron chi connectivity index (χ0n) is 12.7. The number of rotatable bonds is 7. The zero-order chi connectivity index (χ0) is 14.4. The fraction of sp³-hybridized carbons (Fsp3) is 0.688. The zero-order valence-corrected chi connectivity index (χ0v) is 12.7. The fourth-order valence-electron chi connectivity index (χ4n) is 2.77. The summed E-state index contributed by atoms with van der Waals surface area (Å²) in [5.74, 6) is 0.316. The van der Waals surface area contributed by atoms with Crippen molar-refractivity contribution in [3.05, 3.63) is 23.5 Å². The van der Waals surface area contributed by atoms with E-state index in [1.54, 1.807) is 6.07 Å². The molecule has 0 spiro atoms. The molecule has 0 amide bonds. The van der Waals surface area contributed by atoms with Gasteiger partial charge < -0.3 is 10.4 Å². The minimum absolute atomic E-state index is 0.316. The fourth-order valence-corrected chi connectivity index (χ4v) is 2.77. The lowest BCUT2D eigenvalue weighted by atomic mass is 10.2. The number of pyridine rings is 1. The average molecular weight is 277 g/mol. The van der Waals surface area contributed by atoms with Crippen LogP contribution in [-0.2, 0) is 6.54 Å². The van der Waals surface area contributed by atoms with Gasteiger partial charge in [0, 0.05) is 24.8 Å². The van der Waals surface area contributed by atoms with E-state index in [9.17, 15) is 5.11 Å². The Hall–Kier alpha value is -1.13. The van der Waals surface area contributed by atoms with Gasteiger partial charge in [-0.05, 0) is 51.4 Å². The number of hydrogen-bond donors (Lipinski definition) is 2. The predicted molar refractivity (Wildman–Crippen MR) is 81.8 cm³/mol. The molecule has 0 aromatic carbocycles. The van der Waals surface area contributed by atoms with Gasteiger partial charge in [0.05, 0.1) is 5.69 Å². The number of nitrogens with one attached hydrogen (secondary N) is 1. The lowest BCUT2D eigenvalue weighted by molar-refractivity contribution is 0.232. The van der Waals surface area contributed by atoms with Crippen LogP contribution in [0.1, 0.15) is 44.0 Å². The van der Waals surface area contributed by atoms with E-state index in [-0.39, 0.29) is 0 Å². The lowest BCUT2D eigenvalue weighted by Crippen LogP contribution is -2.37. The highest BCUT2D eigenvalue weighted by atomic mass is 16.3. The summed E-state index contributed by atoms with van der Waals surface area (Å²) >= 11 is 0. The van der Waals surface area contributed by atoms with Crippen LogP contribution < -0.4 is 5.32 Å². The van der Waals surface area contributed by atoms with E-state index in [1.165, 1.54) is 25.7 Å². The third-order valence-electron chi connectivity index (χ3n) is 3.93. The van der Waals surface area contributed by atoms with Crippen molar-refractivity contribution >= 4 is 0 Å². The molecule has 1 fully saturated rings. The summed E-state index contributed by atoms with van der Waals surface area (Å²) in [5.41, 5.74) is 1.77. The van der Waals surface area contributed by atoms with Gasteiger partial charge in [0.25, 0.3) is 0 Å². The summed E-state index contributed by atoms with van der Waals surface area (Å²) in [7, 11) is 0. The Balaban J connectivity index is 1.99. The van der Waals surface area contributed by atoms with Crippen molar-refractivity contribution in [2.24, 2.45) is 0 Å². The molecular formula is C16H27N3O. The van der Waals surface area contributed by atoms with Crippen LogP contribution in [0.3, 0.4) is 0 Å². The number of aromatic hydroxyl groups is 1. The molecule has 1 unspecified atom stereocenters. The first-order chi connectivity index (χ1) is 9.69. The first kappa shape index (κ1) is 15.3. The van der Waals surface area contributed by atoms with Gasteiger partial charge >= 0.3 is 0 Å². The first-order valence-corrected chi connectivity index (χ1v) is 7.80. The Kier molecular flexibility index (Phi) is 5.80. The SMILES string of the molecule is CCCCN(Cc1nc(C)ccc1O)CC1CCCN1. The second-order valence-corrected chi connectivity index (χ2v) is 5.80. The Morgan fingerprint density at radius 1 is 1.45 bits per heavy atom. The van der Waals surface area contributed by atoms with Crippen LogP contribution in [0, 0.1) is 6.92 Å². The van der Waals surface area contributed by atoms with E-state index in [0.29, 0.717) is 11.8 Å². The molecule has 0 saturated carbocycles. The van der Waals surface area contributed by atoms with Crippen molar-refractivity contribution in [2.45, 2.75) is 52.1 Å². The molecule has 1 saturated heterocycles. The van der Waals surface area contributed by atoms with Gasteiger partial charge in [-0.3, -0.25) is 9.88 Å². The van der Waals surface area contributed by atoms with E-state index in [4.69, 9.17) is 0 Å². The number of hydrogen-bond acceptors (Lipinski definition) is 4. The molecule has 112 valence electrons. The van der Waals surface area contributed by atoms with Crippen LogP contribution >= 0.6 is 0 Å². The van der Waals surface area contributed by atoms with Crippen molar-refractivity contribution in [3.8, 4) is 5.75 Å². The third kappa shape index (κ3) is 4.46. The number of aromatic nitrogens is 1. The maximum absolute atomic E-state index is 9.97. The minimum atomic E-state index is 0.316. The molecule has 2 heterocycles.